The first kappa shape index (κ1) is 16.3. The van der Waals surface area contributed by atoms with Crippen molar-refractivity contribution in [3.05, 3.63) is 35.7 Å². The molecule has 5 nitrogen and oxygen atoms in total. The highest BCUT2D eigenvalue weighted by Gasteiger charge is 2.25. The van der Waals surface area contributed by atoms with Crippen molar-refractivity contribution in [1.29, 1.82) is 0 Å². The van der Waals surface area contributed by atoms with E-state index in [4.69, 9.17) is 4.74 Å². The second-order valence-electron chi connectivity index (χ2n) is 5.76. The van der Waals surface area contributed by atoms with Gasteiger partial charge in [-0.2, -0.15) is 0 Å². The van der Waals surface area contributed by atoms with E-state index < -0.39 is 10.0 Å². The molecule has 1 aromatic carbocycles. The van der Waals surface area contributed by atoms with E-state index in [1.807, 2.05) is 12.1 Å². The Morgan fingerprint density at radius 2 is 2.00 bits per heavy atom. The molecule has 1 aliphatic rings. The van der Waals surface area contributed by atoms with Crippen LogP contribution in [0.15, 0.2) is 24.3 Å². The van der Waals surface area contributed by atoms with Gasteiger partial charge >= 0.3 is 0 Å². The van der Waals surface area contributed by atoms with Gasteiger partial charge in [-0.25, -0.2) is 8.42 Å². The van der Waals surface area contributed by atoms with Crippen LogP contribution < -0.4 is 4.72 Å². The molecule has 0 amide bonds. The Labute approximate surface area is 127 Å². The third kappa shape index (κ3) is 4.98. The molecule has 0 saturated carbocycles. The second kappa shape index (κ2) is 6.77. The Morgan fingerprint density at radius 1 is 1.33 bits per heavy atom. The standard InChI is InChI=1S/C15H23N2O3S/c1-12(2)10-17-8-9-20-11-15(17)13-4-6-14(7-5-13)16-21(3,18)19/h4-7,15-16H,8-11H2,1-3H3/t15-/m1/s1. The van der Waals surface area contributed by atoms with Crippen LogP contribution in [0.25, 0.3) is 0 Å². The minimum absolute atomic E-state index is 0.223. The molecule has 6 heteroatoms. The Kier molecular flexibility index (Phi) is 5.24. The zero-order chi connectivity index (χ0) is 15.5. The summed E-state index contributed by atoms with van der Waals surface area (Å²) >= 11 is 0. The van der Waals surface area contributed by atoms with Gasteiger partial charge in [-0.05, 0) is 23.6 Å². The molecule has 117 valence electrons. The topological polar surface area (TPSA) is 58.6 Å². The number of benzene rings is 1. The first-order chi connectivity index (χ1) is 9.85. The van der Waals surface area contributed by atoms with E-state index >= 15 is 0 Å². The summed E-state index contributed by atoms with van der Waals surface area (Å²) in [5.41, 5.74) is 1.73. The van der Waals surface area contributed by atoms with Crippen molar-refractivity contribution in [2.45, 2.75) is 19.9 Å². The summed E-state index contributed by atoms with van der Waals surface area (Å²) < 4.78 is 30.5. The minimum atomic E-state index is -3.23. The maximum Gasteiger partial charge on any atom is 0.229 e. The smallest absolute Gasteiger partial charge is 0.229 e. The van der Waals surface area contributed by atoms with Gasteiger partial charge in [0, 0.05) is 18.8 Å². The highest BCUT2D eigenvalue weighted by molar-refractivity contribution is 7.92. The number of nitrogens with zero attached hydrogens (tertiary/aromatic N) is 1. The van der Waals surface area contributed by atoms with Crippen molar-refractivity contribution in [2.75, 3.05) is 37.3 Å². The fraction of sp³-hybridized carbons (Fsp3) is 0.533. The molecule has 1 saturated heterocycles. The van der Waals surface area contributed by atoms with Crippen LogP contribution in [-0.4, -0.2) is 45.9 Å². The van der Waals surface area contributed by atoms with Crippen LogP contribution in [-0.2, 0) is 14.8 Å². The fourth-order valence-corrected chi connectivity index (χ4v) is 3.09. The van der Waals surface area contributed by atoms with Gasteiger partial charge < -0.3 is 4.74 Å². The number of anilines is 1. The normalized spacial score (nSPS) is 20.7. The summed E-state index contributed by atoms with van der Waals surface area (Å²) in [6.45, 7) is 7.57. The molecule has 0 bridgehead atoms. The lowest BCUT2D eigenvalue weighted by molar-refractivity contribution is -0.00601. The van der Waals surface area contributed by atoms with Crippen LogP contribution in [0.2, 0.25) is 0 Å². The van der Waals surface area contributed by atoms with Crippen LogP contribution in [0, 0.1) is 5.92 Å². The van der Waals surface area contributed by atoms with Gasteiger partial charge in [-0.15, -0.1) is 0 Å². The summed E-state index contributed by atoms with van der Waals surface area (Å²) in [7, 11) is -3.23. The SMILES string of the molecule is C[C](C)CN1CCOC[C@@H]1c1ccc(NS(C)(=O)=O)cc1. The van der Waals surface area contributed by atoms with Crippen LogP contribution in [0.5, 0.6) is 0 Å². The molecule has 1 fully saturated rings. The van der Waals surface area contributed by atoms with E-state index in [1.54, 1.807) is 12.1 Å². The van der Waals surface area contributed by atoms with E-state index in [0.29, 0.717) is 12.3 Å². The summed E-state index contributed by atoms with van der Waals surface area (Å²) in [6, 6.07) is 7.74. The van der Waals surface area contributed by atoms with E-state index in [0.717, 1.165) is 31.5 Å². The van der Waals surface area contributed by atoms with E-state index in [2.05, 4.69) is 23.5 Å². The molecule has 21 heavy (non-hydrogen) atoms. The molecule has 0 aliphatic carbocycles. The number of rotatable bonds is 5. The molecule has 0 aromatic heterocycles. The molecule has 1 N–H and O–H groups in total. The lowest BCUT2D eigenvalue weighted by Crippen LogP contribution is -2.41. The van der Waals surface area contributed by atoms with Crippen molar-refractivity contribution < 1.29 is 13.2 Å². The Balaban J connectivity index is 2.12. The van der Waals surface area contributed by atoms with Crippen LogP contribution in [0.4, 0.5) is 5.69 Å². The van der Waals surface area contributed by atoms with Crippen molar-refractivity contribution in [1.82, 2.24) is 4.90 Å². The lowest BCUT2D eigenvalue weighted by atomic mass is 10.0. The van der Waals surface area contributed by atoms with Gasteiger partial charge in [0.15, 0.2) is 0 Å². The number of hydrogen-bond acceptors (Lipinski definition) is 4. The zero-order valence-electron chi connectivity index (χ0n) is 12.8. The van der Waals surface area contributed by atoms with Gasteiger partial charge in [-0.3, -0.25) is 9.62 Å². The summed E-state index contributed by atoms with van der Waals surface area (Å²) in [5.74, 6) is 1.37. The lowest BCUT2D eigenvalue weighted by Gasteiger charge is -2.36. The zero-order valence-corrected chi connectivity index (χ0v) is 13.6. The van der Waals surface area contributed by atoms with Crippen molar-refractivity contribution in [2.24, 2.45) is 0 Å². The Hall–Kier alpha value is -1.11. The molecular formula is C15H23N2O3S. The van der Waals surface area contributed by atoms with Crippen molar-refractivity contribution >= 4 is 15.7 Å². The van der Waals surface area contributed by atoms with Gasteiger partial charge in [0.1, 0.15) is 0 Å². The molecular weight excluding hydrogens is 288 g/mol. The summed E-state index contributed by atoms with van der Waals surface area (Å²) in [5, 5.41) is 0. The predicted octanol–water partition coefficient (Wildman–Crippen LogP) is 2.05. The van der Waals surface area contributed by atoms with Crippen LogP contribution in [0.3, 0.4) is 0 Å². The summed E-state index contributed by atoms with van der Waals surface area (Å²) in [4.78, 5) is 2.40. The highest BCUT2D eigenvalue weighted by atomic mass is 32.2. The molecule has 1 atom stereocenters. The van der Waals surface area contributed by atoms with Gasteiger partial charge in [0.2, 0.25) is 10.0 Å². The van der Waals surface area contributed by atoms with Gasteiger partial charge in [-0.1, -0.05) is 26.0 Å². The first-order valence-corrected chi connectivity index (χ1v) is 8.93. The summed E-state index contributed by atoms with van der Waals surface area (Å²) in [6.07, 6.45) is 1.15. The molecule has 1 aromatic rings. The molecule has 1 aliphatic heterocycles. The number of nitrogens with one attached hydrogen (secondary N) is 1. The quantitative estimate of drug-likeness (QED) is 0.904. The monoisotopic (exact) mass is 311 g/mol. The largest absolute Gasteiger partial charge is 0.378 e. The maximum atomic E-state index is 11.2. The number of hydrogen-bond donors (Lipinski definition) is 1. The minimum Gasteiger partial charge on any atom is -0.378 e. The third-order valence-corrected chi connectivity index (χ3v) is 3.96. The third-order valence-electron chi connectivity index (χ3n) is 3.36. The highest BCUT2D eigenvalue weighted by Crippen LogP contribution is 2.26. The molecule has 1 radical (unpaired) electrons. The van der Waals surface area contributed by atoms with Crippen LogP contribution in [0.1, 0.15) is 25.5 Å². The van der Waals surface area contributed by atoms with Crippen molar-refractivity contribution in [3.63, 3.8) is 0 Å². The Morgan fingerprint density at radius 3 is 2.57 bits per heavy atom. The fourth-order valence-electron chi connectivity index (χ4n) is 2.53. The molecule has 1 heterocycles. The predicted molar refractivity (Wildman–Crippen MR) is 84.6 cm³/mol. The van der Waals surface area contributed by atoms with Gasteiger partial charge in [0.25, 0.3) is 0 Å². The average Bonchev–Trinajstić information content (AvgIpc) is 2.38. The molecule has 0 spiro atoms. The Bertz CT molecular complexity index is 555. The number of sulfonamides is 1. The van der Waals surface area contributed by atoms with E-state index in [1.165, 1.54) is 5.92 Å². The van der Waals surface area contributed by atoms with Crippen LogP contribution >= 0.6 is 0 Å². The average molecular weight is 311 g/mol. The number of ether oxygens (including phenoxy) is 1. The van der Waals surface area contributed by atoms with E-state index in [9.17, 15) is 8.42 Å². The van der Waals surface area contributed by atoms with Crippen molar-refractivity contribution in [3.8, 4) is 0 Å². The molecule has 0 unspecified atom stereocenters. The van der Waals surface area contributed by atoms with E-state index in [-0.39, 0.29) is 6.04 Å². The molecule has 2 rings (SSSR count). The number of morpholine rings is 1. The maximum absolute atomic E-state index is 11.2. The first-order valence-electron chi connectivity index (χ1n) is 7.04. The van der Waals surface area contributed by atoms with Gasteiger partial charge in [0.05, 0.1) is 25.5 Å². The second-order valence-corrected chi connectivity index (χ2v) is 7.51.